The fourth-order valence-electron chi connectivity index (χ4n) is 3.79. The van der Waals surface area contributed by atoms with Gasteiger partial charge in [0.15, 0.2) is 0 Å². The molecule has 0 radical (unpaired) electrons. The van der Waals surface area contributed by atoms with Crippen molar-refractivity contribution in [3.63, 3.8) is 0 Å². The maximum absolute atomic E-state index is 12.7. The highest BCUT2D eigenvalue weighted by Crippen LogP contribution is 2.28. The van der Waals surface area contributed by atoms with Crippen molar-refractivity contribution in [1.29, 1.82) is 0 Å². The second-order valence-electron chi connectivity index (χ2n) is 7.30. The van der Waals surface area contributed by atoms with Gasteiger partial charge in [-0.05, 0) is 37.0 Å². The highest BCUT2D eigenvalue weighted by atomic mass is 16.3. The third kappa shape index (κ3) is 4.03. The molecule has 5 nitrogen and oxygen atoms in total. The van der Waals surface area contributed by atoms with Crippen molar-refractivity contribution in [1.82, 2.24) is 4.90 Å². The number of carbonyl (C=O) groups is 2. The van der Waals surface area contributed by atoms with E-state index in [9.17, 15) is 14.7 Å². The SMILES string of the molecule is CCCCc1ccc(N2C[C@@H](C(=O)N3CC[C@@H](CO)C3)CC2=O)cc1. The Morgan fingerprint density at radius 3 is 2.64 bits per heavy atom. The van der Waals surface area contributed by atoms with E-state index in [1.165, 1.54) is 18.4 Å². The number of amides is 2. The lowest BCUT2D eigenvalue weighted by atomic mass is 10.1. The number of benzene rings is 1. The third-order valence-electron chi connectivity index (χ3n) is 5.40. The van der Waals surface area contributed by atoms with Crippen LogP contribution in [-0.4, -0.2) is 48.1 Å². The Kier molecular flexibility index (Phi) is 5.74. The van der Waals surface area contributed by atoms with E-state index < -0.39 is 0 Å². The Bertz CT molecular complexity index is 614. The number of rotatable bonds is 6. The van der Waals surface area contributed by atoms with Gasteiger partial charge in [-0.15, -0.1) is 0 Å². The van der Waals surface area contributed by atoms with Crippen LogP contribution in [0, 0.1) is 11.8 Å². The minimum Gasteiger partial charge on any atom is -0.396 e. The van der Waals surface area contributed by atoms with Gasteiger partial charge in [-0.2, -0.15) is 0 Å². The topological polar surface area (TPSA) is 60.9 Å². The van der Waals surface area contributed by atoms with Gasteiger partial charge < -0.3 is 14.9 Å². The summed E-state index contributed by atoms with van der Waals surface area (Å²) in [5.41, 5.74) is 2.17. The molecule has 0 unspecified atom stereocenters. The van der Waals surface area contributed by atoms with Crippen molar-refractivity contribution in [3.05, 3.63) is 29.8 Å². The van der Waals surface area contributed by atoms with E-state index in [1.807, 2.05) is 17.0 Å². The van der Waals surface area contributed by atoms with Crippen LogP contribution in [-0.2, 0) is 16.0 Å². The molecule has 1 aromatic carbocycles. The number of aliphatic hydroxyl groups is 1. The van der Waals surface area contributed by atoms with Crippen LogP contribution in [0.3, 0.4) is 0 Å². The van der Waals surface area contributed by atoms with Gasteiger partial charge in [-0.3, -0.25) is 9.59 Å². The Morgan fingerprint density at radius 1 is 1.24 bits per heavy atom. The predicted molar refractivity (Wildman–Crippen MR) is 97.3 cm³/mol. The summed E-state index contributed by atoms with van der Waals surface area (Å²) >= 11 is 0. The summed E-state index contributed by atoms with van der Waals surface area (Å²) in [6.07, 6.45) is 4.54. The second-order valence-corrected chi connectivity index (χ2v) is 7.30. The molecule has 5 heteroatoms. The van der Waals surface area contributed by atoms with E-state index in [4.69, 9.17) is 0 Å². The molecule has 0 spiro atoms. The number of hydrogen-bond donors (Lipinski definition) is 1. The number of likely N-dealkylation sites (tertiary alicyclic amines) is 1. The molecule has 2 atom stereocenters. The first-order chi connectivity index (χ1) is 12.1. The van der Waals surface area contributed by atoms with Crippen molar-refractivity contribution < 1.29 is 14.7 Å². The first-order valence-electron chi connectivity index (χ1n) is 9.41. The molecule has 136 valence electrons. The van der Waals surface area contributed by atoms with Crippen molar-refractivity contribution in [3.8, 4) is 0 Å². The predicted octanol–water partition coefficient (Wildman–Crippen LogP) is 2.22. The summed E-state index contributed by atoms with van der Waals surface area (Å²) in [5, 5.41) is 9.24. The van der Waals surface area contributed by atoms with Gasteiger partial charge in [0.2, 0.25) is 11.8 Å². The van der Waals surface area contributed by atoms with E-state index in [0.29, 0.717) is 19.6 Å². The number of anilines is 1. The van der Waals surface area contributed by atoms with Gasteiger partial charge in [-0.1, -0.05) is 25.5 Å². The lowest BCUT2D eigenvalue weighted by Gasteiger charge is -2.21. The molecule has 2 heterocycles. The third-order valence-corrected chi connectivity index (χ3v) is 5.40. The van der Waals surface area contributed by atoms with Crippen LogP contribution in [0.1, 0.15) is 38.2 Å². The average Bonchev–Trinajstić information content (AvgIpc) is 3.26. The molecule has 2 aliphatic heterocycles. The smallest absolute Gasteiger partial charge is 0.228 e. The molecule has 2 aliphatic rings. The van der Waals surface area contributed by atoms with Gasteiger partial charge in [0, 0.05) is 44.3 Å². The summed E-state index contributed by atoms with van der Waals surface area (Å²) in [4.78, 5) is 28.6. The Morgan fingerprint density at radius 2 is 2.00 bits per heavy atom. The first kappa shape index (κ1) is 17.9. The maximum Gasteiger partial charge on any atom is 0.228 e. The van der Waals surface area contributed by atoms with E-state index in [-0.39, 0.29) is 36.7 Å². The lowest BCUT2D eigenvalue weighted by molar-refractivity contribution is -0.134. The minimum atomic E-state index is -0.260. The molecule has 3 rings (SSSR count). The van der Waals surface area contributed by atoms with Gasteiger partial charge in [0.05, 0.1) is 5.92 Å². The fraction of sp³-hybridized carbons (Fsp3) is 0.600. The summed E-state index contributed by atoms with van der Waals surface area (Å²) in [7, 11) is 0. The minimum absolute atomic E-state index is 0.0255. The van der Waals surface area contributed by atoms with Gasteiger partial charge in [0.25, 0.3) is 0 Å². The molecular weight excluding hydrogens is 316 g/mol. The molecule has 2 fully saturated rings. The van der Waals surface area contributed by atoms with Crippen LogP contribution >= 0.6 is 0 Å². The zero-order chi connectivity index (χ0) is 17.8. The lowest BCUT2D eigenvalue weighted by Crippen LogP contribution is -2.36. The number of aryl methyl sites for hydroxylation is 1. The quantitative estimate of drug-likeness (QED) is 0.861. The number of carbonyl (C=O) groups excluding carboxylic acids is 2. The number of unbranched alkanes of at least 4 members (excludes halogenated alkanes) is 1. The Hall–Kier alpha value is -1.88. The van der Waals surface area contributed by atoms with E-state index >= 15 is 0 Å². The second kappa shape index (κ2) is 8.00. The summed E-state index contributed by atoms with van der Waals surface area (Å²) in [6.45, 7) is 4.08. The number of hydrogen-bond acceptors (Lipinski definition) is 3. The molecule has 0 saturated carbocycles. The van der Waals surface area contributed by atoms with Gasteiger partial charge >= 0.3 is 0 Å². The average molecular weight is 344 g/mol. The van der Waals surface area contributed by atoms with Crippen molar-refractivity contribution in [2.45, 2.75) is 39.0 Å². The molecule has 1 N–H and O–H groups in total. The largest absolute Gasteiger partial charge is 0.396 e. The molecule has 1 aromatic rings. The normalized spacial score (nSPS) is 23.5. The fourth-order valence-corrected chi connectivity index (χ4v) is 3.79. The zero-order valence-corrected chi connectivity index (χ0v) is 15.0. The standard InChI is InChI=1S/C20H28N2O3/c1-2-3-4-15-5-7-18(8-6-15)22-13-17(11-19(22)24)20(25)21-10-9-16(12-21)14-23/h5-8,16-17,23H,2-4,9-14H2,1H3/t16-,17+/m1/s1. The number of nitrogens with zero attached hydrogens (tertiary/aromatic N) is 2. The van der Waals surface area contributed by atoms with Crippen molar-refractivity contribution in [2.75, 3.05) is 31.1 Å². The van der Waals surface area contributed by atoms with Crippen LogP contribution in [0.25, 0.3) is 0 Å². The molecule has 0 aromatic heterocycles. The summed E-state index contributed by atoms with van der Waals surface area (Å²) in [6, 6.07) is 8.15. The molecule has 25 heavy (non-hydrogen) atoms. The monoisotopic (exact) mass is 344 g/mol. The van der Waals surface area contributed by atoms with Gasteiger partial charge in [0.1, 0.15) is 0 Å². The van der Waals surface area contributed by atoms with Crippen molar-refractivity contribution >= 4 is 17.5 Å². The number of aliphatic hydroxyl groups excluding tert-OH is 1. The van der Waals surface area contributed by atoms with Crippen LogP contribution in [0.4, 0.5) is 5.69 Å². The molecule has 2 amide bonds. The molecular formula is C20H28N2O3. The van der Waals surface area contributed by atoms with Crippen LogP contribution in [0.15, 0.2) is 24.3 Å². The van der Waals surface area contributed by atoms with Crippen molar-refractivity contribution in [2.24, 2.45) is 11.8 Å². The Balaban J connectivity index is 1.61. The highest BCUT2D eigenvalue weighted by molar-refractivity contribution is 6.00. The zero-order valence-electron chi connectivity index (χ0n) is 15.0. The maximum atomic E-state index is 12.7. The van der Waals surface area contributed by atoms with Gasteiger partial charge in [-0.25, -0.2) is 0 Å². The van der Waals surface area contributed by atoms with E-state index in [2.05, 4.69) is 19.1 Å². The highest BCUT2D eigenvalue weighted by Gasteiger charge is 2.38. The van der Waals surface area contributed by atoms with Crippen LogP contribution in [0.5, 0.6) is 0 Å². The first-order valence-corrected chi connectivity index (χ1v) is 9.41. The summed E-state index contributed by atoms with van der Waals surface area (Å²) in [5.74, 6) is 0.0152. The molecule has 0 bridgehead atoms. The van der Waals surface area contributed by atoms with E-state index in [0.717, 1.165) is 18.5 Å². The van der Waals surface area contributed by atoms with Crippen LogP contribution < -0.4 is 4.90 Å². The summed E-state index contributed by atoms with van der Waals surface area (Å²) < 4.78 is 0. The van der Waals surface area contributed by atoms with E-state index in [1.54, 1.807) is 4.90 Å². The molecule has 0 aliphatic carbocycles. The Labute approximate surface area is 149 Å². The van der Waals surface area contributed by atoms with Crippen LogP contribution in [0.2, 0.25) is 0 Å². The molecule has 2 saturated heterocycles.